The van der Waals surface area contributed by atoms with Gasteiger partial charge in [-0.15, -0.1) is 0 Å². The maximum absolute atomic E-state index is 6.03. The quantitative estimate of drug-likeness (QED) is 0.749. The molecule has 0 bridgehead atoms. The molecule has 0 aromatic carbocycles. The summed E-state index contributed by atoms with van der Waals surface area (Å²) in [7, 11) is 3.69. The number of hydrogen-bond acceptors (Lipinski definition) is 3. The molecule has 0 fully saturated rings. The number of methoxy groups -OCH3 is 1. The van der Waals surface area contributed by atoms with Crippen LogP contribution in [0.25, 0.3) is 0 Å². The number of nitrogens with zero attached hydrogens (tertiary/aromatic N) is 2. The summed E-state index contributed by atoms with van der Waals surface area (Å²) < 4.78 is 4.99. The lowest BCUT2D eigenvalue weighted by Crippen LogP contribution is -2.22. The summed E-state index contributed by atoms with van der Waals surface area (Å²) in [6.07, 6.45) is 1.70. The molecular formula is C10H14Cl2N2O. The van der Waals surface area contributed by atoms with Crippen LogP contribution in [0.5, 0.6) is 0 Å². The number of halogens is 2. The van der Waals surface area contributed by atoms with Gasteiger partial charge in [0.2, 0.25) is 0 Å². The Bertz CT molecular complexity index is 320. The van der Waals surface area contributed by atoms with E-state index in [0.29, 0.717) is 16.8 Å². The molecule has 0 spiro atoms. The first-order chi connectivity index (χ1) is 7.13. The maximum Gasteiger partial charge on any atom is 0.130 e. The van der Waals surface area contributed by atoms with Gasteiger partial charge < -0.3 is 4.74 Å². The van der Waals surface area contributed by atoms with Crippen LogP contribution < -0.4 is 0 Å². The molecule has 1 heterocycles. The second-order valence-electron chi connectivity index (χ2n) is 3.33. The van der Waals surface area contributed by atoms with Gasteiger partial charge in [0, 0.05) is 37.0 Å². The topological polar surface area (TPSA) is 25.4 Å². The Morgan fingerprint density at radius 2 is 2.20 bits per heavy atom. The minimum atomic E-state index is 0.420. The molecule has 84 valence electrons. The van der Waals surface area contributed by atoms with E-state index < -0.39 is 0 Å². The highest BCUT2D eigenvalue weighted by Crippen LogP contribution is 2.19. The fraction of sp³-hybridized carbons (Fsp3) is 0.500. The first-order valence-corrected chi connectivity index (χ1v) is 5.36. The number of aromatic nitrogens is 1. The summed E-state index contributed by atoms with van der Waals surface area (Å²) in [5, 5.41) is 1.07. The van der Waals surface area contributed by atoms with Gasteiger partial charge in [0.15, 0.2) is 0 Å². The van der Waals surface area contributed by atoms with Crippen molar-refractivity contribution in [2.24, 2.45) is 0 Å². The van der Waals surface area contributed by atoms with Crippen molar-refractivity contribution in [2.75, 3.05) is 27.3 Å². The van der Waals surface area contributed by atoms with Crippen LogP contribution in [-0.4, -0.2) is 37.2 Å². The monoisotopic (exact) mass is 248 g/mol. The molecule has 1 aromatic rings. The minimum Gasteiger partial charge on any atom is -0.383 e. The smallest absolute Gasteiger partial charge is 0.130 e. The zero-order valence-corrected chi connectivity index (χ0v) is 10.3. The zero-order valence-electron chi connectivity index (χ0n) is 8.83. The van der Waals surface area contributed by atoms with E-state index in [4.69, 9.17) is 27.9 Å². The van der Waals surface area contributed by atoms with Crippen LogP contribution in [0.3, 0.4) is 0 Å². The van der Waals surface area contributed by atoms with Gasteiger partial charge in [0.25, 0.3) is 0 Å². The predicted octanol–water partition coefficient (Wildman–Crippen LogP) is 2.47. The van der Waals surface area contributed by atoms with Gasteiger partial charge in [0.1, 0.15) is 5.15 Å². The Morgan fingerprint density at radius 3 is 2.80 bits per heavy atom. The van der Waals surface area contributed by atoms with E-state index >= 15 is 0 Å². The molecule has 3 nitrogen and oxygen atoms in total. The molecule has 0 aliphatic heterocycles. The lowest BCUT2D eigenvalue weighted by atomic mass is 10.2. The van der Waals surface area contributed by atoms with E-state index in [1.165, 1.54) is 0 Å². The van der Waals surface area contributed by atoms with Crippen molar-refractivity contribution in [3.63, 3.8) is 0 Å². The maximum atomic E-state index is 6.03. The molecule has 15 heavy (non-hydrogen) atoms. The molecule has 0 atom stereocenters. The summed E-state index contributed by atoms with van der Waals surface area (Å²) in [6, 6.07) is 1.66. The molecule has 5 heteroatoms. The Labute approximate surface area is 100.0 Å². The highest BCUT2D eigenvalue weighted by molar-refractivity contribution is 6.34. The molecule has 0 amide bonds. The molecule has 0 aliphatic carbocycles. The SMILES string of the molecule is COCCN(C)Cc1cnc(Cl)cc1Cl. The summed E-state index contributed by atoms with van der Waals surface area (Å²) in [5.41, 5.74) is 0.972. The van der Waals surface area contributed by atoms with Crippen LogP contribution in [0.2, 0.25) is 10.2 Å². The zero-order chi connectivity index (χ0) is 11.3. The van der Waals surface area contributed by atoms with Gasteiger partial charge in [-0.25, -0.2) is 4.98 Å². The van der Waals surface area contributed by atoms with Gasteiger partial charge in [-0.3, -0.25) is 4.90 Å². The lowest BCUT2D eigenvalue weighted by molar-refractivity contribution is 0.158. The Balaban J connectivity index is 2.56. The average molecular weight is 249 g/mol. The molecule has 0 radical (unpaired) electrons. The normalized spacial score (nSPS) is 11.0. The molecule has 0 saturated heterocycles. The van der Waals surface area contributed by atoms with Crippen LogP contribution in [-0.2, 0) is 11.3 Å². The standard InChI is InChI=1S/C10H14Cl2N2O/c1-14(3-4-15-2)7-8-6-13-10(12)5-9(8)11/h5-6H,3-4,7H2,1-2H3. The van der Waals surface area contributed by atoms with Gasteiger partial charge in [-0.05, 0) is 13.1 Å². The Kier molecular flexibility index (Phi) is 5.32. The van der Waals surface area contributed by atoms with Gasteiger partial charge >= 0.3 is 0 Å². The summed E-state index contributed by atoms with van der Waals surface area (Å²) >= 11 is 11.7. The minimum absolute atomic E-state index is 0.420. The van der Waals surface area contributed by atoms with E-state index in [1.54, 1.807) is 19.4 Å². The fourth-order valence-electron chi connectivity index (χ4n) is 1.17. The fourth-order valence-corrected chi connectivity index (χ4v) is 1.59. The first kappa shape index (κ1) is 12.7. The van der Waals surface area contributed by atoms with E-state index in [9.17, 15) is 0 Å². The van der Waals surface area contributed by atoms with Crippen molar-refractivity contribution in [3.8, 4) is 0 Å². The van der Waals surface area contributed by atoms with Crippen LogP contribution in [0.1, 0.15) is 5.56 Å². The van der Waals surface area contributed by atoms with E-state index in [0.717, 1.165) is 18.7 Å². The van der Waals surface area contributed by atoms with Crippen molar-refractivity contribution in [1.82, 2.24) is 9.88 Å². The molecular weight excluding hydrogens is 235 g/mol. The highest BCUT2D eigenvalue weighted by Gasteiger charge is 2.05. The van der Waals surface area contributed by atoms with Crippen LogP contribution in [0, 0.1) is 0 Å². The highest BCUT2D eigenvalue weighted by atomic mass is 35.5. The summed E-state index contributed by atoms with van der Waals surface area (Å²) in [6.45, 7) is 2.30. The van der Waals surface area contributed by atoms with Crippen LogP contribution >= 0.6 is 23.2 Å². The molecule has 1 rings (SSSR count). The van der Waals surface area contributed by atoms with Gasteiger partial charge in [0.05, 0.1) is 6.61 Å². The number of pyridine rings is 1. The first-order valence-electron chi connectivity index (χ1n) is 4.61. The van der Waals surface area contributed by atoms with E-state index in [2.05, 4.69) is 9.88 Å². The Morgan fingerprint density at radius 1 is 1.47 bits per heavy atom. The van der Waals surface area contributed by atoms with Crippen molar-refractivity contribution in [3.05, 3.63) is 28.0 Å². The third-order valence-corrected chi connectivity index (χ3v) is 2.57. The van der Waals surface area contributed by atoms with E-state index in [-0.39, 0.29) is 0 Å². The van der Waals surface area contributed by atoms with Crippen LogP contribution in [0.4, 0.5) is 0 Å². The number of ether oxygens (including phenoxy) is 1. The van der Waals surface area contributed by atoms with Crippen molar-refractivity contribution < 1.29 is 4.74 Å². The number of likely N-dealkylation sites (N-methyl/N-ethyl adjacent to an activating group) is 1. The predicted molar refractivity (Wildman–Crippen MR) is 62.5 cm³/mol. The number of rotatable bonds is 5. The van der Waals surface area contributed by atoms with E-state index in [1.807, 2.05) is 7.05 Å². The van der Waals surface area contributed by atoms with Crippen molar-refractivity contribution in [2.45, 2.75) is 6.54 Å². The summed E-state index contributed by atoms with van der Waals surface area (Å²) in [5.74, 6) is 0. The average Bonchev–Trinajstić information content (AvgIpc) is 2.19. The summed E-state index contributed by atoms with van der Waals surface area (Å²) in [4.78, 5) is 6.11. The van der Waals surface area contributed by atoms with Crippen molar-refractivity contribution in [1.29, 1.82) is 0 Å². The molecule has 0 aliphatic rings. The molecule has 0 saturated carbocycles. The molecule has 1 aromatic heterocycles. The second kappa shape index (κ2) is 6.28. The van der Waals surface area contributed by atoms with Gasteiger partial charge in [-0.2, -0.15) is 0 Å². The third-order valence-electron chi connectivity index (χ3n) is 2.01. The lowest BCUT2D eigenvalue weighted by Gasteiger charge is -2.16. The molecule has 0 N–H and O–H groups in total. The Hall–Kier alpha value is -0.350. The van der Waals surface area contributed by atoms with Gasteiger partial charge in [-0.1, -0.05) is 23.2 Å². The second-order valence-corrected chi connectivity index (χ2v) is 4.12. The van der Waals surface area contributed by atoms with Crippen molar-refractivity contribution >= 4 is 23.2 Å². The molecule has 0 unspecified atom stereocenters. The van der Waals surface area contributed by atoms with Crippen LogP contribution in [0.15, 0.2) is 12.3 Å². The number of hydrogen-bond donors (Lipinski definition) is 0. The largest absolute Gasteiger partial charge is 0.383 e. The third kappa shape index (κ3) is 4.34.